The molecule has 0 aliphatic carbocycles. The second-order valence-electron chi connectivity index (χ2n) is 7.55. The molecule has 0 fully saturated rings. The molecule has 0 bridgehead atoms. The number of rotatable bonds is 6. The van der Waals surface area contributed by atoms with Crippen molar-refractivity contribution in [3.05, 3.63) is 94.8 Å². The molecule has 2 aromatic carbocycles. The molecule has 4 rings (SSSR count). The number of carbonyl (C=O) groups is 2. The van der Waals surface area contributed by atoms with Crippen molar-refractivity contribution in [1.29, 1.82) is 0 Å². The molecule has 0 N–H and O–H groups in total. The highest BCUT2D eigenvalue weighted by Gasteiger charge is 2.54. The maximum atomic E-state index is 15.1. The Hall–Kier alpha value is -3.75. The third-order valence-corrected chi connectivity index (χ3v) is 5.33. The van der Waals surface area contributed by atoms with Gasteiger partial charge in [0.2, 0.25) is 0 Å². The van der Waals surface area contributed by atoms with Gasteiger partial charge < -0.3 is 9.64 Å². The number of halogens is 4. The van der Waals surface area contributed by atoms with Crippen LogP contribution in [0.3, 0.4) is 0 Å². The number of amides is 1. The quantitative estimate of drug-likeness (QED) is 0.358. The van der Waals surface area contributed by atoms with Crippen LogP contribution in [0.1, 0.15) is 52.1 Å². The van der Waals surface area contributed by atoms with Crippen molar-refractivity contribution in [3.63, 3.8) is 0 Å². The summed E-state index contributed by atoms with van der Waals surface area (Å²) >= 11 is 0. The number of aromatic nitrogens is 1. The molecule has 1 aliphatic rings. The molecule has 1 aliphatic heterocycles. The van der Waals surface area contributed by atoms with Crippen molar-refractivity contribution >= 4 is 17.6 Å². The maximum absolute atomic E-state index is 15.1. The summed E-state index contributed by atoms with van der Waals surface area (Å²) in [7, 11) is 0. The second-order valence-corrected chi connectivity index (χ2v) is 7.55. The smallest absolute Gasteiger partial charge is 0.352 e. The molecular formula is C24H18F4N2O3. The van der Waals surface area contributed by atoms with Crippen LogP contribution >= 0.6 is 0 Å². The van der Waals surface area contributed by atoms with Gasteiger partial charge >= 0.3 is 17.8 Å². The number of pyridine rings is 1. The lowest BCUT2D eigenvalue weighted by Gasteiger charge is -2.19. The van der Waals surface area contributed by atoms with Crippen LogP contribution in [0.25, 0.3) is 0 Å². The van der Waals surface area contributed by atoms with Gasteiger partial charge in [-0.1, -0.05) is 30.3 Å². The molecule has 2 heterocycles. The minimum absolute atomic E-state index is 0.0166. The fourth-order valence-corrected chi connectivity index (χ4v) is 3.77. The molecule has 5 nitrogen and oxygen atoms in total. The van der Waals surface area contributed by atoms with Crippen molar-refractivity contribution < 1.29 is 31.9 Å². The predicted molar refractivity (Wildman–Crippen MR) is 111 cm³/mol. The predicted octanol–water partition coefficient (Wildman–Crippen LogP) is 5.58. The molecule has 0 spiro atoms. The normalized spacial score (nSPS) is 15.5. The first-order valence-corrected chi connectivity index (χ1v) is 10.0. The van der Waals surface area contributed by atoms with Crippen LogP contribution in [0, 0.1) is 0 Å². The van der Waals surface area contributed by atoms with Gasteiger partial charge in [-0.15, -0.1) is 0 Å². The molecular weight excluding hydrogens is 440 g/mol. The van der Waals surface area contributed by atoms with E-state index in [1.54, 1.807) is 18.2 Å². The Morgan fingerprint density at radius 2 is 1.82 bits per heavy atom. The molecule has 0 saturated carbocycles. The van der Waals surface area contributed by atoms with Gasteiger partial charge in [-0.05, 0) is 36.8 Å². The van der Waals surface area contributed by atoms with E-state index in [-0.39, 0.29) is 34.5 Å². The summed E-state index contributed by atoms with van der Waals surface area (Å²) in [5.41, 5.74) is -0.598. The van der Waals surface area contributed by atoms with E-state index in [1.807, 2.05) is 0 Å². The Labute approximate surface area is 186 Å². The summed E-state index contributed by atoms with van der Waals surface area (Å²) in [6, 6.07) is 13.4. The number of hydrogen-bond acceptors (Lipinski definition) is 4. The van der Waals surface area contributed by atoms with Gasteiger partial charge in [0.05, 0.1) is 23.4 Å². The number of benzene rings is 2. The Bertz CT molecular complexity index is 1200. The highest BCUT2D eigenvalue weighted by Crippen LogP contribution is 2.48. The minimum atomic E-state index is -3.88. The SMILES string of the molecule is C[C@H](OC(=O)c1ccccc1)c1cccc2c1C(F)(F)C(=O)N2Cc1cncc(C(F)F)c1. The summed E-state index contributed by atoms with van der Waals surface area (Å²) in [4.78, 5) is 29.6. The number of carbonyl (C=O) groups excluding carboxylic acids is 2. The Kier molecular flexibility index (Phi) is 5.88. The molecule has 1 aromatic heterocycles. The van der Waals surface area contributed by atoms with Crippen LogP contribution < -0.4 is 4.90 Å². The van der Waals surface area contributed by atoms with Gasteiger partial charge in [0.25, 0.3) is 6.43 Å². The molecule has 3 aromatic rings. The van der Waals surface area contributed by atoms with Gasteiger partial charge in [0.15, 0.2) is 0 Å². The van der Waals surface area contributed by atoms with Gasteiger partial charge in [0, 0.05) is 23.5 Å². The highest BCUT2D eigenvalue weighted by atomic mass is 19.3. The van der Waals surface area contributed by atoms with Crippen LogP contribution in [0.5, 0.6) is 0 Å². The number of fused-ring (bicyclic) bond motifs is 1. The Morgan fingerprint density at radius 3 is 2.52 bits per heavy atom. The van der Waals surface area contributed by atoms with Crippen molar-refractivity contribution in [3.8, 4) is 0 Å². The zero-order chi connectivity index (χ0) is 23.8. The largest absolute Gasteiger partial charge is 0.454 e. The van der Waals surface area contributed by atoms with Crippen LogP contribution in [-0.4, -0.2) is 16.9 Å². The lowest BCUT2D eigenvalue weighted by Crippen LogP contribution is -2.34. The molecule has 170 valence electrons. The first kappa shape index (κ1) is 22.4. The van der Waals surface area contributed by atoms with Gasteiger partial charge in [-0.2, -0.15) is 8.78 Å². The average Bonchev–Trinajstić information content (AvgIpc) is 3.00. The second kappa shape index (κ2) is 8.65. The van der Waals surface area contributed by atoms with Crippen molar-refractivity contribution in [1.82, 2.24) is 4.98 Å². The molecule has 1 atom stereocenters. The van der Waals surface area contributed by atoms with Gasteiger partial charge in [0.1, 0.15) is 6.10 Å². The lowest BCUT2D eigenvalue weighted by molar-refractivity contribution is -0.141. The Morgan fingerprint density at radius 1 is 1.09 bits per heavy atom. The average molecular weight is 458 g/mol. The van der Waals surface area contributed by atoms with Gasteiger partial charge in [-0.25, -0.2) is 13.6 Å². The van der Waals surface area contributed by atoms with Crippen LogP contribution in [0.2, 0.25) is 0 Å². The van der Waals surface area contributed by atoms with Crippen molar-refractivity contribution in [2.45, 2.75) is 31.9 Å². The maximum Gasteiger partial charge on any atom is 0.352 e. The van der Waals surface area contributed by atoms with E-state index in [4.69, 9.17) is 4.74 Å². The number of hydrogen-bond donors (Lipinski definition) is 0. The number of anilines is 1. The molecule has 33 heavy (non-hydrogen) atoms. The summed E-state index contributed by atoms with van der Waals surface area (Å²) < 4.78 is 61.6. The molecule has 0 saturated heterocycles. The van der Waals surface area contributed by atoms with E-state index in [1.165, 1.54) is 43.5 Å². The standard InChI is InChI=1S/C24H18F4N2O3/c1-14(33-22(31)16-6-3-2-4-7-16)18-8-5-9-19-20(18)24(27,28)23(32)30(19)13-15-10-17(21(25)26)12-29-11-15/h2-12,14,21H,13H2,1H3/t14-/m0/s1. The topological polar surface area (TPSA) is 59.5 Å². The molecule has 0 unspecified atom stereocenters. The Balaban J connectivity index is 1.66. The van der Waals surface area contributed by atoms with E-state index < -0.39 is 35.9 Å². The summed E-state index contributed by atoms with van der Waals surface area (Å²) in [5.74, 6) is -6.07. The molecule has 9 heteroatoms. The van der Waals surface area contributed by atoms with Crippen LogP contribution in [0.15, 0.2) is 67.0 Å². The fourth-order valence-electron chi connectivity index (χ4n) is 3.77. The number of ether oxygens (including phenoxy) is 1. The van der Waals surface area contributed by atoms with Crippen molar-refractivity contribution in [2.24, 2.45) is 0 Å². The monoisotopic (exact) mass is 458 g/mol. The van der Waals surface area contributed by atoms with E-state index in [2.05, 4.69) is 4.98 Å². The van der Waals surface area contributed by atoms with E-state index in [0.29, 0.717) is 0 Å². The van der Waals surface area contributed by atoms with Gasteiger partial charge in [-0.3, -0.25) is 9.78 Å². The lowest BCUT2D eigenvalue weighted by atomic mass is 9.98. The third-order valence-electron chi connectivity index (χ3n) is 5.33. The summed E-state index contributed by atoms with van der Waals surface area (Å²) in [6.45, 7) is 1.08. The highest BCUT2D eigenvalue weighted by molar-refractivity contribution is 6.06. The summed E-state index contributed by atoms with van der Waals surface area (Å²) in [6.07, 6.45) is -1.64. The molecule has 0 radical (unpaired) electrons. The van der Waals surface area contributed by atoms with E-state index in [9.17, 15) is 18.4 Å². The fraction of sp³-hybridized carbons (Fsp3) is 0.208. The van der Waals surface area contributed by atoms with E-state index >= 15 is 8.78 Å². The number of esters is 1. The van der Waals surface area contributed by atoms with E-state index in [0.717, 1.165) is 17.2 Å². The zero-order valence-electron chi connectivity index (χ0n) is 17.3. The van der Waals surface area contributed by atoms with Crippen molar-refractivity contribution in [2.75, 3.05) is 4.90 Å². The number of alkyl halides is 4. The van der Waals surface area contributed by atoms with Crippen LogP contribution in [0.4, 0.5) is 23.2 Å². The third kappa shape index (κ3) is 4.18. The minimum Gasteiger partial charge on any atom is -0.454 e. The summed E-state index contributed by atoms with van der Waals surface area (Å²) in [5, 5.41) is 0. The first-order chi connectivity index (χ1) is 15.7. The zero-order valence-corrected chi connectivity index (χ0v) is 17.3. The van der Waals surface area contributed by atoms with Crippen LogP contribution in [-0.2, 0) is 22.0 Å². The number of nitrogens with zero attached hydrogens (tertiary/aromatic N) is 2. The molecule has 1 amide bonds. The first-order valence-electron chi connectivity index (χ1n) is 10.0.